The third-order valence-corrected chi connectivity index (χ3v) is 5.99. The van der Waals surface area contributed by atoms with Crippen LogP contribution in [-0.4, -0.2) is 71.2 Å². The molecule has 10 heteroatoms. The van der Waals surface area contributed by atoms with Gasteiger partial charge in [-0.15, -0.1) is 0 Å². The van der Waals surface area contributed by atoms with Crippen LogP contribution in [0, 0.1) is 5.82 Å². The zero-order valence-corrected chi connectivity index (χ0v) is 17.5. The van der Waals surface area contributed by atoms with Crippen LogP contribution in [0.2, 0.25) is 0 Å². The Labute approximate surface area is 183 Å². The van der Waals surface area contributed by atoms with Crippen LogP contribution < -0.4 is 5.32 Å². The summed E-state index contributed by atoms with van der Waals surface area (Å²) in [5, 5.41) is 2.68. The summed E-state index contributed by atoms with van der Waals surface area (Å²) in [6.07, 6.45) is 1.68. The van der Waals surface area contributed by atoms with Gasteiger partial charge in [0.1, 0.15) is 17.9 Å². The first-order chi connectivity index (χ1) is 15.4. The summed E-state index contributed by atoms with van der Waals surface area (Å²) in [6.45, 7) is 2.54. The minimum atomic E-state index is -1.33. The average Bonchev–Trinajstić information content (AvgIpc) is 3.42. The van der Waals surface area contributed by atoms with E-state index < -0.39 is 29.8 Å². The molecular weight excluding hydrogens is 419 g/mol. The predicted octanol–water partition coefficient (Wildman–Crippen LogP) is 1.56. The van der Waals surface area contributed by atoms with Crippen LogP contribution in [0.1, 0.15) is 29.5 Å². The molecule has 2 aliphatic heterocycles. The van der Waals surface area contributed by atoms with Gasteiger partial charge in [0.05, 0.1) is 6.26 Å². The number of hydrogen-bond donors (Lipinski definition) is 1. The van der Waals surface area contributed by atoms with Gasteiger partial charge in [0.15, 0.2) is 5.76 Å². The molecule has 0 saturated carbocycles. The van der Waals surface area contributed by atoms with Crippen molar-refractivity contribution in [2.75, 3.05) is 32.7 Å². The highest BCUT2D eigenvalue weighted by Gasteiger charge is 2.51. The van der Waals surface area contributed by atoms with Crippen molar-refractivity contribution in [3.8, 4) is 0 Å². The summed E-state index contributed by atoms with van der Waals surface area (Å²) >= 11 is 0. The zero-order valence-electron chi connectivity index (χ0n) is 17.5. The van der Waals surface area contributed by atoms with E-state index in [1.165, 1.54) is 35.4 Å². The van der Waals surface area contributed by atoms with Crippen LogP contribution in [0.25, 0.3) is 0 Å². The molecule has 0 spiro atoms. The maximum Gasteiger partial charge on any atom is 0.325 e. The van der Waals surface area contributed by atoms with Gasteiger partial charge in [-0.05, 0) is 36.2 Å². The molecule has 3 heterocycles. The minimum absolute atomic E-state index is 0.237. The fraction of sp³-hybridized carbons (Fsp3) is 0.364. The highest BCUT2D eigenvalue weighted by Crippen LogP contribution is 2.32. The Hall–Kier alpha value is -3.69. The number of imide groups is 1. The lowest BCUT2D eigenvalue weighted by atomic mass is 9.87. The van der Waals surface area contributed by atoms with Gasteiger partial charge in [0.25, 0.3) is 11.8 Å². The Balaban J connectivity index is 1.40. The Morgan fingerprint density at radius 2 is 1.72 bits per heavy atom. The minimum Gasteiger partial charge on any atom is -0.459 e. The Morgan fingerprint density at radius 1 is 1.06 bits per heavy atom. The Morgan fingerprint density at radius 3 is 2.31 bits per heavy atom. The second kappa shape index (κ2) is 8.45. The number of rotatable bonds is 5. The fourth-order valence-corrected chi connectivity index (χ4v) is 4.09. The van der Waals surface area contributed by atoms with E-state index in [0.717, 1.165) is 4.90 Å². The molecule has 9 nitrogen and oxygen atoms in total. The van der Waals surface area contributed by atoms with E-state index >= 15 is 0 Å². The summed E-state index contributed by atoms with van der Waals surface area (Å²) in [6, 6.07) is 7.91. The molecule has 1 N–H and O–H groups in total. The van der Waals surface area contributed by atoms with E-state index in [2.05, 4.69) is 5.32 Å². The van der Waals surface area contributed by atoms with E-state index in [4.69, 9.17) is 4.42 Å². The van der Waals surface area contributed by atoms with Crippen molar-refractivity contribution in [3.63, 3.8) is 0 Å². The quantitative estimate of drug-likeness (QED) is 0.708. The van der Waals surface area contributed by atoms with Gasteiger partial charge in [-0.1, -0.05) is 19.1 Å². The topological polar surface area (TPSA) is 103 Å². The van der Waals surface area contributed by atoms with Crippen LogP contribution in [0.5, 0.6) is 0 Å². The first-order valence-electron chi connectivity index (χ1n) is 10.4. The zero-order chi connectivity index (χ0) is 22.9. The smallest absolute Gasteiger partial charge is 0.325 e. The van der Waals surface area contributed by atoms with Crippen molar-refractivity contribution in [1.29, 1.82) is 0 Å². The number of nitrogens with one attached hydrogen (secondary N) is 1. The molecule has 2 aliphatic rings. The van der Waals surface area contributed by atoms with Gasteiger partial charge in [0, 0.05) is 26.2 Å². The predicted molar refractivity (Wildman–Crippen MR) is 110 cm³/mol. The molecule has 168 valence electrons. The van der Waals surface area contributed by atoms with Crippen LogP contribution in [0.15, 0.2) is 47.1 Å². The van der Waals surface area contributed by atoms with Crippen LogP contribution >= 0.6 is 0 Å². The average molecular weight is 442 g/mol. The van der Waals surface area contributed by atoms with Gasteiger partial charge in [-0.2, -0.15) is 0 Å². The molecule has 5 amide bonds. The molecule has 0 radical (unpaired) electrons. The lowest BCUT2D eigenvalue weighted by Gasteiger charge is -2.35. The first kappa shape index (κ1) is 21.5. The molecule has 0 aliphatic carbocycles. The van der Waals surface area contributed by atoms with Crippen molar-refractivity contribution in [2.45, 2.75) is 18.9 Å². The number of amides is 5. The van der Waals surface area contributed by atoms with Crippen molar-refractivity contribution in [2.24, 2.45) is 0 Å². The van der Waals surface area contributed by atoms with Crippen molar-refractivity contribution in [3.05, 3.63) is 59.8 Å². The SMILES string of the molecule is CC[C@@]1(c2ccc(F)cc2)NC(=O)N(CC(=O)N2CCN(C(=O)c3ccco3)CC2)C1=O. The molecule has 2 aromatic rings. The van der Waals surface area contributed by atoms with Crippen LogP contribution in [0.3, 0.4) is 0 Å². The Kier molecular flexibility index (Phi) is 5.68. The van der Waals surface area contributed by atoms with Crippen molar-refractivity contribution in [1.82, 2.24) is 20.0 Å². The molecule has 2 fully saturated rings. The molecule has 1 aromatic heterocycles. The highest BCUT2D eigenvalue weighted by molar-refractivity contribution is 6.09. The summed E-state index contributed by atoms with van der Waals surface area (Å²) in [7, 11) is 0. The van der Waals surface area contributed by atoms with Gasteiger partial charge in [-0.3, -0.25) is 19.3 Å². The number of nitrogens with zero attached hydrogens (tertiary/aromatic N) is 3. The molecule has 0 bridgehead atoms. The molecule has 4 rings (SSSR count). The van der Waals surface area contributed by atoms with Crippen LogP contribution in [0.4, 0.5) is 9.18 Å². The van der Waals surface area contributed by atoms with Gasteiger partial charge in [0.2, 0.25) is 5.91 Å². The molecule has 32 heavy (non-hydrogen) atoms. The second-order valence-electron chi connectivity index (χ2n) is 7.74. The lowest BCUT2D eigenvalue weighted by Crippen LogP contribution is -2.53. The molecule has 0 unspecified atom stereocenters. The van der Waals surface area contributed by atoms with E-state index in [1.54, 1.807) is 24.0 Å². The molecule has 1 aromatic carbocycles. The number of piperazine rings is 1. The van der Waals surface area contributed by atoms with E-state index in [-0.39, 0.29) is 37.1 Å². The summed E-state index contributed by atoms with van der Waals surface area (Å²) in [4.78, 5) is 54.9. The largest absolute Gasteiger partial charge is 0.459 e. The van der Waals surface area contributed by atoms with E-state index in [1.807, 2.05) is 0 Å². The summed E-state index contributed by atoms with van der Waals surface area (Å²) in [5.41, 5.74) is -0.876. The second-order valence-corrected chi connectivity index (χ2v) is 7.74. The van der Waals surface area contributed by atoms with E-state index in [9.17, 15) is 23.6 Å². The van der Waals surface area contributed by atoms with E-state index in [0.29, 0.717) is 18.7 Å². The number of carbonyl (C=O) groups is 4. The monoisotopic (exact) mass is 442 g/mol. The number of urea groups is 1. The third-order valence-electron chi connectivity index (χ3n) is 5.99. The highest BCUT2D eigenvalue weighted by atomic mass is 19.1. The van der Waals surface area contributed by atoms with Crippen LogP contribution in [-0.2, 0) is 15.1 Å². The number of hydrogen-bond acceptors (Lipinski definition) is 5. The number of benzene rings is 1. The summed E-state index contributed by atoms with van der Waals surface area (Å²) in [5.74, 6) is -1.39. The maximum absolute atomic E-state index is 13.3. The normalized spacial score (nSPS) is 21.1. The van der Waals surface area contributed by atoms with Gasteiger partial charge >= 0.3 is 6.03 Å². The molecular formula is C22H23FN4O5. The first-order valence-corrected chi connectivity index (χ1v) is 10.4. The van der Waals surface area contributed by atoms with Crippen molar-refractivity contribution >= 4 is 23.8 Å². The van der Waals surface area contributed by atoms with Crippen molar-refractivity contribution < 1.29 is 28.0 Å². The number of furan rings is 1. The van der Waals surface area contributed by atoms with Gasteiger partial charge < -0.3 is 19.5 Å². The number of halogens is 1. The third kappa shape index (κ3) is 3.72. The lowest BCUT2D eigenvalue weighted by molar-refractivity contribution is -0.140. The maximum atomic E-state index is 13.3. The standard InChI is InChI=1S/C22H23FN4O5/c1-2-22(15-5-7-16(23)8-6-15)20(30)27(21(31)24-22)14-18(28)25-9-11-26(12-10-25)19(29)17-4-3-13-32-17/h3-8,13H,2,9-12,14H2,1H3,(H,24,31)/t22-/m0/s1. The molecule has 2 saturated heterocycles. The Bertz CT molecular complexity index is 1030. The van der Waals surface area contributed by atoms with Gasteiger partial charge in [-0.25, -0.2) is 9.18 Å². The fourth-order valence-electron chi connectivity index (χ4n) is 4.09. The molecule has 1 atom stereocenters. The number of carbonyl (C=O) groups excluding carboxylic acids is 4. The summed E-state index contributed by atoms with van der Waals surface area (Å²) < 4.78 is 18.5.